The number of ether oxygens (including phenoxy) is 3. The van der Waals surface area contributed by atoms with E-state index in [0.717, 1.165) is 55.8 Å². The van der Waals surface area contributed by atoms with Crippen molar-refractivity contribution in [2.24, 2.45) is 0 Å². The van der Waals surface area contributed by atoms with Crippen LogP contribution in [0.5, 0.6) is 17.2 Å². The standard InChI is InChI=1S/C25H28O3.C12H20NO3/c1-14-6-21(12-19-8-15(2)23(26)16(3)9-19)25(28)22(7-14)13-20-10-17(4)24(27)18(5)11-20;1-14-9-13(10-15-2,11-16-3)12-7-5-4-6-8-12/h6-11,26-28H,12-13H2,1-5H3;4-8H,9-11H2,1-3H3/q;+1/p-1. The summed E-state index contributed by atoms with van der Waals surface area (Å²) < 4.78 is 16.3. The number of quaternary nitrogens is 1. The molecule has 0 saturated carbocycles. The van der Waals surface area contributed by atoms with Crippen molar-refractivity contribution in [1.29, 1.82) is 0 Å². The van der Waals surface area contributed by atoms with Crippen LogP contribution < -0.4 is 9.59 Å². The molecule has 2 N–H and O–H groups in total. The van der Waals surface area contributed by atoms with Crippen molar-refractivity contribution >= 4 is 5.69 Å². The fourth-order valence-corrected chi connectivity index (χ4v) is 5.75. The van der Waals surface area contributed by atoms with Crippen molar-refractivity contribution in [3.8, 4) is 17.2 Å². The fraction of sp³-hybridized carbons (Fsp3) is 0.351. The van der Waals surface area contributed by atoms with Crippen LogP contribution >= 0.6 is 0 Å². The molecule has 44 heavy (non-hydrogen) atoms. The van der Waals surface area contributed by atoms with E-state index in [1.54, 1.807) is 21.3 Å². The zero-order valence-electron chi connectivity index (χ0n) is 27.4. The highest BCUT2D eigenvalue weighted by Crippen LogP contribution is 2.31. The van der Waals surface area contributed by atoms with Gasteiger partial charge in [-0.3, -0.25) is 0 Å². The number of phenolic OH excluding ortho intramolecular Hbond substituents is 2. The summed E-state index contributed by atoms with van der Waals surface area (Å²) in [4.78, 5) is 0. The molecule has 0 amide bonds. The van der Waals surface area contributed by atoms with Gasteiger partial charge in [-0.2, -0.15) is 0 Å². The molecule has 0 spiro atoms. The summed E-state index contributed by atoms with van der Waals surface area (Å²) in [5.74, 6) is 0.695. The van der Waals surface area contributed by atoms with Gasteiger partial charge in [-0.1, -0.05) is 71.3 Å². The van der Waals surface area contributed by atoms with Gasteiger partial charge < -0.3 is 29.5 Å². The number of phenols is 2. The maximum atomic E-state index is 13.1. The van der Waals surface area contributed by atoms with Gasteiger partial charge >= 0.3 is 0 Å². The number of aryl methyl sites for hydroxylation is 5. The number of hydrogen-bond acceptors (Lipinski definition) is 6. The van der Waals surface area contributed by atoms with E-state index >= 15 is 0 Å². The average Bonchev–Trinajstić information content (AvgIpc) is 2.98. The third kappa shape index (κ3) is 8.61. The lowest BCUT2D eigenvalue weighted by molar-refractivity contribution is -0.270. The van der Waals surface area contributed by atoms with Gasteiger partial charge in [0.1, 0.15) is 17.2 Å². The van der Waals surface area contributed by atoms with E-state index in [1.165, 1.54) is 0 Å². The molecule has 0 aliphatic carbocycles. The molecule has 4 aromatic rings. The summed E-state index contributed by atoms with van der Waals surface area (Å²) in [6.45, 7) is 11.1. The number of nitrogens with zero attached hydrogens (tertiary/aromatic N) is 1. The number of hydrogen-bond donors (Lipinski definition) is 2. The molecule has 0 bridgehead atoms. The van der Waals surface area contributed by atoms with Crippen LogP contribution in [0.2, 0.25) is 0 Å². The van der Waals surface area contributed by atoms with Crippen LogP contribution in [0.1, 0.15) is 50.1 Å². The van der Waals surface area contributed by atoms with Gasteiger partial charge in [0.2, 0.25) is 0 Å². The van der Waals surface area contributed by atoms with Crippen LogP contribution in [0.4, 0.5) is 5.69 Å². The smallest absolute Gasteiger partial charge is 0.191 e. The van der Waals surface area contributed by atoms with Gasteiger partial charge in [-0.05, 0) is 93.0 Å². The zero-order chi connectivity index (χ0) is 32.4. The van der Waals surface area contributed by atoms with Crippen molar-refractivity contribution in [2.75, 3.05) is 41.5 Å². The molecule has 236 valence electrons. The molecule has 7 heteroatoms. The van der Waals surface area contributed by atoms with E-state index in [2.05, 4.69) is 12.1 Å². The van der Waals surface area contributed by atoms with Gasteiger partial charge in [0.15, 0.2) is 20.2 Å². The van der Waals surface area contributed by atoms with E-state index < -0.39 is 0 Å². The molecule has 0 saturated heterocycles. The Kier molecular flexibility index (Phi) is 12.4. The van der Waals surface area contributed by atoms with Crippen molar-refractivity contribution in [3.63, 3.8) is 0 Å². The molecule has 0 atom stereocenters. The Morgan fingerprint density at radius 1 is 0.591 bits per heavy atom. The summed E-state index contributed by atoms with van der Waals surface area (Å²) >= 11 is 0. The van der Waals surface area contributed by atoms with E-state index in [-0.39, 0.29) is 5.75 Å². The third-order valence-corrected chi connectivity index (χ3v) is 7.71. The van der Waals surface area contributed by atoms with Gasteiger partial charge in [0.05, 0.1) is 0 Å². The second-order valence-electron chi connectivity index (χ2n) is 11.7. The van der Waals surface area contributed by atoms with Crippen molar-refractivity contribution in [1.82, 2.24) is 4.48 Å². The van der Waals surface area contributed by atoms with Crippen molar-refractivity contribution < 1.29 is 29.5 Å². The highest BCUT2D eigenvalue weighted by atomic mass is 16.5. The molecular weight excluding hydrogens is 554 g/mol. The molecule has 0 radical (unpaired) electrons. The summed E-state index contributed by atoms with van der Waals surface area (Å²) in [5.41, 5.74) is 9.07. The average molecular weight is 602 g/mol. The minimum absolute atomic E-state index is 0.0670. The normalized spacial score (nSPS) is 11.3. The monoisotopic (exact) mass is 601 g/mol. The minimum atomic E-state index is 0.0670. The molecule has 0 unspecified atom stereocenters. The van der Waals surface area contributed by atoms with E-state index in [9.17, 15) is 15.3 Å². The summed E-state index contributed by atoms with van der Waals surface area (Å²) in [6, 6.07) is 21.8. The molecule has 4 aromatic carbocycles. The zero-order valence-corrected chi connectivity index (χ0v) is 27.4. The van der Waals surface area contributed by atoms with Crippen LogP contribution in [0.15, 0.2) is 66.7 Å². The quantitative estimate of drug-likeness (QED) is 0.147. The second-order valence-corrected chi connectivity index (χ2v) is 11.7. The van der Waals surface area contributed by atoms with Crippen LogP contribution in [0, 0.1) is 34.6 Å². The van der Waals surface area contributed by atoms with Crippen LogP contribution in [-0.4, -0.2) is 51.7 Å². The molecular formula is C37H47NO6. The van der Waals surface area contributed by atoms with E-state index in [0.29, 0.717) is 49.0 Å². The first kappa shape index (κ1) is 34.6. The largest absolute Gasteiger partial charge is 0.872 e. The van der Waals surface area contributed by atoms with Gasteiger partial charge in [0.25, 0.3) is 0 Å². The Balaban J connectivity index is 0.000000281. The molecule has 0 aliphatic heterocycles. The minimum Gasteiger partial charge on any atom is -0.872 e. The predicted molar refractivity (Wildman–Crippen MR) is 175 cm³/mol. The lowest BCUT2D eigenvalue weighted by Gasteiger charge is -2.35. The maximum absolute atomic E-state index is 13.1. The third-order valence-electron chi connectivity index (χ3n) is 7.71. The predicted octanol–water partition coefficient (Wildman–Crippen LogP) is 6.70. The summed E-state index contributed by atoms with van der Waals surface area (Å²) in [7, 11) is 5.05. The van der Waals surface area contributed by atoms with Crippen LogP contribution in [-0.2, 0) is 27.1 Å². The van der Waals surface area contributed by atoms with Crippen molar-refractivity contribution in [2.45, 2.75) is 47.5 Å². The molecule has 7 nitrogen and oxygen atoms in total. The Hall–Kier alpha value is -3.88. The highest BCUT2D eigenvalue weighted by Gasteiger charge is 2.30. The first-order valence-electron chi connectivity index (χ1n) is 14.7. The first-order valence-corrected chi connectivity index (χ1v) is 14.7. The van der Waals surface area contributed by atoms with Gasteiger partial charge in [-0.25, -0.2) is 4.48 Å². The topological polar surface area (TPSA) is 91.2 Å². The van der Waals surface area contributed by atoms with Crippen LogP contribution in [0.3, 0.4) is 0 Å². The Morgan fingerprint density at radius 3 is 1.30 bits per heavy atom. The van der Waals surface area contributed by atoms with Crippen molar-refractivity contribution in [3.05, 3.63) is 117 Å². The number of benzene rings is 4. The second kappa shape index (κ2) is 15.7. The molecule has 0 fully saturated rings. The highest BCUT2D eigenvalue weighted by molar-refractivity contribution is 5.50. The van der Waals surface area contributed by atoms with Crippen LogP contribution in [0.25, 0.3) is 0 Å². The van der Waals surface area contributed by atoms with Gasteiger partial charge in [0, 0.05) is 21.3 Å². The summed E-state index contributed by atoms with van der Waals surface area (Å²) in [5, 5.41) is 33.1. The summed E-state index contributed by atoms with van der Waals surface area (Å²) in [6.07, 6.45) is 1.09. The Bertz CT molecular complexity index is 1390. The number of aromatic hydroxyl groups is 2. The number of methoxy groups -OCH3 is 3. The molecule has 0 aliphatic rings. The molecule has 0 aromatic heterocycles. The maximum Gasteiger partial charge on any atom is 0.191 e. The lowest BCUT2D eigenvalue weighted by atomic mass is 9.93. The van der Waals surface area contributed by atoms with E-state index in [1.807, 2.05) is 89.2 Å². The fourth-order valence-electron chi connectivity index (χ4n) is 5.75. The molecule has 4 rings (SSSR count). The Morgan fingerprint density at radius 2 is 0.955 bits per heavy atom. The number of para-hydroxylation sites is 1. The first-order chi connectivity index (χ1) is 20.9. The SMILES string of the molecule is COC[N+](COC)(COC)c1ccccc1.Cc1cc(Cc2cc(C)c(O)c(C)c2)c([O-])c(Cc2cc(C)c(O)c(C)c2)c1. The van der Waals surface area contributed by atoms with E-state index in [4.69, 9.17) is 14.2 Å². The Labute approximate surface area is 262 Å². The number of rotatable bonds is 11. The van der Waals surface area contributed by atoms with Gasteiger partial charge in [-0.15, -0.1) is 5.75 Å². The lowest BCUT2D eigenvalue weighted by Crippen LogP contribution is -2.53. The molecule has 0 heterocycles.